The summed E-state index contributed by atoms with van der Waals surface area (Å²) in [5, 5.41) is 7.12. The van der Waals surface area contributed by atoms with E-state index >= 15 is 0 Å². The number of nitrogens with zero attached hydrogens (tertiary/aromatic N) is 2. The predicted molar refractivity (Wildman–Crippen MR) is 114 cm³/mol. The Morgan fingerprint density at radius 3 is 2.33 bits per heavy atom. The number of alkyl halides is 3. The molecule has 1 amide bonds. The van der Waals surface area contributed by atoms with Gasteiger partial charge >= 0.3 is 12.1 Å². The fourth-order valence-electron chi connectivity index (χ4n) is 4.84. The van der Waals surface area contributed by atoms with Gasteiger partial charge in [-0.05, 0) is 48.3 Å². The Morgan fingerprint density at radius 2 is 1.76 bits per heavy atom. The molecule has 1 N–H and O–H groups in total. The van der Waals surface area contributed by atoms with Crippen LogP contribution in [0.2, 0.25) is 0 Å². The highest BCUT2D eigenvalue weighted by Crippen LogP contribution is 2.37. The van der Waals surface area contributed by atoms with E-state index in [1.807, 2.05) is 17.0 Å². The number of fused-ring (bicyclic) bond motifs is 1. The molecule has 3 heterocycles. The molecule has 33 heavy (non-hydrogen) atoms. The van der Waals surface area contributed by atoms with E-state index in [1.54, 1.807) is 7.11 Å². The Morgan fingerprint density at radius 1 is 1.12 bits per heavy atom. The van der Waals surface area contributed by atoms with Gasteiger partial charge in [0.2, 0.25) is 5.91 Å². The number of carbonyl (C=O) groups excluding carboxylic acids is 1. The van der Waals surface area contributed by atoms with Gasteiger partial charge in [-0.1, -0.05) is 12.1 Å². The first-order chi connectivity index (χ1) is 15.7. The maximum atomic E-state index is 12.6. The molecule has 0 aromatic heterocycles. The van der Waals surface area contributed by atoms with Gasteiger partial charge < -0.3 is 19.5 Å². The molecule has 7 nitrogen and oxygen atoms in total. The number of carboxylic acid groups (broad SMARTS) is 1. The van der Waals surface area contributed by atoms with E-state index in [0.717, 1.165) is 64.5 Å². The molecule has 1 aromatic carbocycles. The summed E-state index contributed by atoms with van der Waals surface area (Å²) in [6.07, 6.45) is -2.10. The van der Waals surface area contributed by atoms with Crippen LogP contribution in [-0.2, 0) is 20.9 Å². The van der Waals surface area contributed by atoms with Crippen molar-refractivity contribution in [2.24, 2.45) is 17.8 Å². The van der Waals surface area contributed by atoms with Crippen LogP contribution >= 0.6 is 0 Å². The molecule has 1 aromatic rings. The fourth-order valence-corrected chi connectivity index (χ4v) is 4.84. The Balaban J connectivity index is 0.000000383. The number of ether oxygens (including phenoxy) is 2. The Labute approximate surface area is 191 Å². The molecule has 3 aliphatic heterocycles. The largest absolute Gasteiger partial charge is 0.497 e. The van der Waals surface area contributed by atoms with Gasteiger partial charge in [0, 0.05) is 39.1 Å². The molecule has 184 valence electrons. The quantitative estimate of drug-likeness (QED) is 0.710. The van der Waals surface area contributed by atoms with E-state index in [-0.39, 0.29) is 0 Å². The molecular weight excluding hydrogens is 441 g/mol. The number of halogens is 3. The molecular formula is C23H31F3N2O5. The summed E-state index contributed by atoms with van der Waals surface area (Å²) in [6.45, 7) is 6.61. The first-order valence-electron chi connectivity index (χ1n) is 11.2. The minimum absolute atomic E-state index is 0.338. The van der Waals surface area contributed by atoms with Crippen molar-refractivity contribution in [3.8, 4) is 5.75 Å². The van der Waals surface area contributed by atoms with Crippen LogP contribution in [0.25, 0.3) is 0 Å². The molecule has 0 spiro atoms. The summed E-state index contributed by atoms with van der Waals surface area (Å²) in [5.41, 5.74) is 1.31. The first kappa shape index (κ1) is 25.3. The molecule has 0 bridgehead atoms. The maximum Gasteiger partial charge on any atom is 0.490 e. The van der Waals surface area contributed by atoms with Crippen LogP contribution in [0.1, 0.15) is 24.8 Å². The lowest BCUT2D eigenvalue weighted by molar-refractivity contribution is -0.192. The lowest BCUT2D eigenvalue weighted by Gasteiger charge is -2.33. The Kier molecular flexibility index (Phi) is 8.58. The number of aliphatic carboxylic acids is 1. The molecule has 0 radical (unpaired) electrons. The highest BCUT2D eigenvalue weighted by atomic mass is 19.4. The average Bonchev–Trinajstić information content (AvgIpc) is 3.44. The van der Waals surface area contributed by atoms with Gasteiger partial charge in [0.15, 0.2) is 0 Å². The van der Waals surface area contributed by atoms with Crippen molar-refractivity contribution in [2.45, 2.75) is 32.0 Å². The van der Waals surface area contributed by atoms with Crippen LogP contribution in [-0.4, -0.2) is 79.5 Å². The SMILES string of the molecule is COc1ccc(CN2C[C@@H]3COC[C@@H](CC(=O)N4CCCC4)[C@@H]3C2)cc1.O=C(O)C(F)(F)F. The second-order valence-corrected chi connectivity index (χ2v) is 8.86. The van der Waals surface area contributed by atoms with Crippen LogP contribution in [0.3, 0.4) is 0 Å². The zero-order valence-electron chi connectivity index (χ0n) is 18.7. The molecule has 3 fully saturated rings. The van der Waals surface area contributed by atoms with E-state index in [0.29, 0.717) is 30.1 Å². The number of rotatable bonds is 5. The second kappa shape index (κ2) is 11.2. The van der Waals surface area contributed by atoms with Crippen LogP contribution < -0.4 is 4.74 Å². The smallest absolute Gasteiger partial charge is 0.490 e. The third kappa shape index (κ3) is 7.07. The van der Waals surface area contributed by atoms with Crippen molar-refractivity contribution in [3.05, 3.63) is 29.8 Å². The average molecular weight is 473 g/mol. The van der Waals surface area contributed by atoms with Crippen LogP contribution in [0.15, 0.2) is 24.3 Å². The van der Waals surface area contributed by atoms with Crippen molar-refractivity contribution in [3.63, 3.8) is 0 Å². The van der Waals surface area contributed by atoms with Crippen LogP contribution in [0, 0.1) is 17.8 Å². The summed E-state index contributed by atoms with van der Waals surface area (Å²) in [7, 11) is 1.70. The molecule has 0 unspecified atom stereocenters. The molecule has 3 saturated heterocycles. The standard InChI is InChI=1S/C21H30N2O3.C2HF3O2/c1-25-19-6-4-16(5-7-19)11-22-12-18-15-26-14-17(20(18)13-22)10-21(24)23-8-2-3-9-23;3-2(4,5)1(6)7/h4-7,17-18,20H,2-3,8-15H2,1H3;(H,6,7)/t17-,18-,20+;/m1./s1. The van der Waals surface area contributed by atoms with Gasteiger partial charge in [0.25, 0.3) is 0 Å². The third-order valence-corrected chi connectivity index (χ3v) is 6.54. The summed E-state index contributed by atoms with van der Waals surface area (Å²) in [5.74, 6) is 0.0187. The van der Waals surface area contributed by atoms with Gasteiger partial charge in [0.1, 0.15) is 5.75 Å². The van der Waals surface area contributed by atoms with E-state index in [2.05, 4.69) is 17.0 Å². The lowest BCUT2D eigenvalue weighted by atomic mass is 9.81. The lowest BCUT2D eigenvalue weighted by Crippen LogP contribution is -2.39. The zero-order chi connectivity index (χ0) is 24.0. The predicted octanol–water partition coefficient (Wildman–Crippen LogP) is 3.04. The van der Waals surface area contributed by atoms with Crippen molar-refractivity contribution in [1.29, 1.82) is 0 Å². The Bertz CT molecular complexity index is 796. The highest BCUT2D eigenvalue weighted by Gasteiger charge is 2.42. The van der Waals surface area contributed by atoms with Gasteiger partial charge in [0.05, 0.1) is 20.3 Å². The van der Waals surface area contributed by atoms with Crippen molar-refractivity contribution < 1.29 is 37.3 Å². The minimum Gasteiger partial charge on any atom is -0.497 e. The minimum atomic E-state index is -5.08. The Hall–Kier alpha value is -2.33. The third-order valence-electron chi connectivity index (χ3n) is 6.54. The van der Waals surface area contributed by atoms with Crippen LogP contribution in [0.4, 0.5) is 13.2 Å². The van der Waals surface area contributed by atoms with Crippen molar-refractivity contribution in [1.82, 2.24) is 9.80 Å². The van der Waals surface area contributed by atoms with Crippen molar-refractivity contribution >= 4 is 11.9 Å². The zero-order valence-corrected chi connectivity index (χ0v) is 18.7. The summed E-state index contributed by atoms with van der Waals surface area (Å²) in [6, 6.07) is 8.34. The van der Waals surface area contributed by atoms with Gasteiger partial charge in [-0.2, -0.15) is 13.2 Å². The summed E-state index contributed by atoms with van der Waals surface area (Å²) >= 11 is 0. The number of hydrogen-bond donors (Lipinski definition) is 1. The molecule has 0 aliphatic carbocycles. The van der Waals surface area contributed by atoms with Gasteiger partial charge in [-0.25, -0.2) is 4.79 Å². The molecule has 4 rings (SSSR count). The highest BCUT2D eigenvalue weighted by molar-refractivity contribution is 5.76. The van der Waals surface area contributed by atoms with Crippen LogP contribution in [0.5, 0.6) is 5.75 Å². The number of carboxylic acids is 1. The summed E-state index contributed by atoms with van der Waals surface area (Å²) < 4.78 is 42.9. The van der Waals surface area contributed by atoms with E-state index in [4.69, 9.17) is 19.4 Å². The number of amides is 1. The van der Waals surface area contributed by atoms with E-state index in [1.165, 1.54) is 5.56 Å². The van der Waals surface area contributed by atoms with Gasteiger partial charge in [-0.15, -0.1) is 0 Å². The monoisotopic (exact) mass is 472 g/mol. The maximum absolute atomic E-state index is 12.6. The van der Waals surface area contributed by atoms with E-state index in [9.17, 15) is 18.0 Å². The summed E-state index contributed by atoms with van der Waals surface area (Å²) in [4.78, 5) is 26.1. The number of hydrogen-bond acceptors (Lipinski definition) is 5. The van der Waals surface area contributed by atoms with Crippen molar-refractivity contribution in [2.75, 3.05) is 46.5 Å². The first-order valence-corrected chi connectivity index (χ1v) is 11.2. The topological polar surface area (TPSA) is 79.3 Å². The normalized spacial score (nSPS) is 25.2. The molecule has 10 heteroatoms. The fraction of sp³-hybridized carbons (Fsp3) is 0.652. The number of benzene rings is 1. The molecule has 3 atom stereocenters. The van der Waals surface area contributed by atoms with Gasteiger partial charge in [-0.3, -0.25) is 9.69 Å². The number of likely N-dealkylation sites (tertiary alicyclic amines) is 2. The second-order valence-electron chi connectivity index (χ2n) is 8.86. The number of methoxy groups -OCH3 is 1. The number of carbonyl (C=O) groups is 2. The molecule has 3 aliphatic rings. The van der Waals surface area contributed by atoms with E-state index < -0.39 is 12.1 Å². The molecule has 0 saturated carbocycles.